The maximum atomic E-state index is 16.1. The van der Waals surface area contributed by atoms with E-state index in [-0.39, 0.29) is 57.8 Å². The van der Waals surface area contributed by atoms with Gasteiger partial charge in [-0.05, 0) is 125 Å². The minimum atomic E-state index is -4.41. The summed E-state index contributed by atoms with van der Waals surface area (Å²) in [6.07, 6.45) is 6.18. The fourth-order valence-corrected chi connectivity index (χ4v) is 11.4. The van der Waals surface area contributed by atoms with Gasteiger partial charge in [-0.1, -0.05) is 12.1 Å². The second-order valence-electron chi connectivity index (χ2n) is 17.9. The lowest BCUT2D eigenvalue weighted by Crippen LogP contribution is -2.40. The van der Waals surface area contributed by atoms with Crippen LogP contribution < -0.4 is 10.4 Å². The molecular weight excluding hydrogens is 867 g/mol. The number of halogens is 2. The van der Waals surface area contributed by atoms with Crippen molar-refractivity contribution in [1.29, 1.82) is 0 Å². The topological polar surface area (TPSA) is 140 Å². The average Bonchev–Trinajstić information content (AvgIpc) is 4.08. The number of nitrogens with zero attached hydrogens (tertiary/aromatic N) is 8. The molecule has 2 aliphatic rings. The Kier molecular flexibility index (Phi) is 10.2. The molecule has 1 saturated heterocycles. The van der Waals surface area contributed by atoms with Gasteiger partial charge in [-0.2, -0.15) is 10.2 Å². The van der Waals surface area contributed by atoms with Gasteiger partial charge in [0.2, 0.25) is 0 Å². The van der Waals surface area contributed by atoms with Crippen molar-refractivity contribution in [2.24, 2.45) is 7.05 Å². The molecule has 0 saturated carbocycles. The molecule has 340 valence electrons. The molecule has 10 rings (SSSR count). The summed E-state index contributed by atoms with van der Waals surface area (Å²) >= 11 is 0. The molecule has 2 aliphatic heterocycles. The molecule has 1 amide bonds. The maximum absolute atomic E-state index is 16.1. The van der Waals surface area contributed by atoms with Crippen LogP contribution in [0.5, 0.6) is 5.75 Å². The molecule has 14 nitrogen and oxygen atoms in total. The fraction of sp³-hybridized carbons (Fsp3) is 0.306. The van der Waals surface area contributed by atoms with Gasteiger partial charge in [0.1, 0.15) is 23.1 Å². The molecule has 17 heteroatoms. The van der Waals surface area contributed by atoms with Crippen molar-refractivity contribution >= 4 is 37.7 Å². The molecule has 4 aromatic carbocycles. The number of imidazole rings is 1. The number of amides is 1. The molecule has 0 bridgehead atoms. The molecule has 0 spiro atoms. The van der Waals surface area contributed by atoms with Gasteiger partial charge >= 0.3 is 5.69 Å². The molecule has 0 aliphatic carbocycles. The van der Waals surface area contributed by atoms with Crippen molar-refractivity contribution < 1.29 is 31.5 Å². The Bertz CT molecular complexity index is 3450. The van der Waals surface area contributed by atoms with Crippen LogP contribution in [0.2, 0.25) is 0 Å². The van der Waals surface area contributed by atoms with E-state index in [4.69, 9.17) is 14.6 Å². The third-order valence-corrected chi connectivity index (χ3v) is 15.0. The van der Waals surface area contributed by atoms with Crippen molar-refractivity contribution in [3.05, 3.63) is 147 Å². The van der Waals surface area contributed by atoms with E-state index in [1.165, 1.54) is 53.0 Å². The van der Waals surface area contributed by atoms with Crippen LogP contribution in [0, 0.1) is 25.5 Å². The van der Waals surface area contributed by atoms with Crippen molar-refractivity contribution in [2.75, 3.05) is 20.3 Å². The summed E-state index contributed by atoms with van der Waals surface area (Å²) in [5.41, 5.74) is 3.17. The summed E-state index contributed by atoms with van der Waals surface area (Å²) in [4.78, 5) is 31.5. The van der Waals surface area contributed by atoms with Gasteiger partial charge in [-0.15, -0.1) is 0 Å². The fourth-order valence-electron chi connectivity index (χ4n) is 9.88. The lowest BCUT2D eigenvalue weighted by atomic mass is 9.83. The number of aryl methyl sites for hydroxylation is 3. The van der Waals surface area contributed by atoms with Gasteiger partial charge in [-0.3, -0.25) is 18.6 Å². The van der Waals surface area contributed by atoms with E-state index in [2.05, 4.69) is 18.9 Å². The molecule has 4 aromatic heterocycles. The second-order valence-corrected chi connectivity index (χ2v) is 19.7. The van der Waals surface area contributed by atoms with Gasteiger partial charge < -0.3 is 14.4 Å². The highest BCUT2D eigenvalue weighted by Crippen LogP contribution is 2.40. The number of hydrogen-bond acceptors (Lipinski definition) is 8. The van der Waals surface area contributed by atoms with Crippen LogP contribution in [-0.2, 0) is 28.2 Å². The minimum Gasteiger partial charge on any atom is -0.497 e. The molecule has 1 unspecified atom stereocenters. The summed E-state index contributed by atoms with van der Waals surface area (Å²) in [6.45, 7) is 9.95. The van der Waals surface area contributed by atoms with Gasteiger partial charge in [0, 0.05) is 56.0 Å². The SMILES string of the molecule is COc1cccc(S(=O)(=O)n2c(C(=O)N3CCc4nn(-c5cc(C)c(F)c(C)c5)c(-n5ccn(-c6ccc7c(cnn7C)c6F)c5=O)c4[C@@H]3C)cc3cc(C4CCOC(C)(C)C4)ccc32)c1. The summed E-state index contributed by atoms with van der Waals surface area (Å²) in [5, 5.41) is 10.0. The number of ether oxygens (including phenoxy) is 2. The molecule has 1 fully saturated rings. The standard InChI is InChI=1S/C49H48F2N8O6S/c1-28-21-34(22-29(2)44(28)50)58-46(57-19-18-56(48(57)61)41-14-13-40-37(45(41)51)27-52-54(40)6)43-30(3)55(17-15-38(43)53-58)47(60)42-24-33-23-31(32-16-20-65-49(4,5)26-32)11-12-39(33)59(42)66(62,63)36-10-8-9-35(25-36)64-7/h8-14,18-19,21-25,27,30,32H,15-17,20,26H2,1-7H3/t30-,32?/m0/s1. The lowest BCUT2D eigenvalue weighted by molar-refractivity contribution is -0.0592. The Morgan fingerprint density at radius 2 is 1.68 bits per heavy atom. The lowest BCUT2D eigenvalue weighted by Gasteiger charge is -2.35. The highest BCUT2D eigenvalue weighted by molar-refractivity contribution is 7.90. The summed E-state index contributed by atoms with van der Waals surface area (Å²) in [7, 11) is -1.25. The van der Waals surface area contributed by atoms with E-state index < -0.39 is 33.5 Å². The third-order valence-electron chi connectivity index (χ3n) is 13.2. The zero-order chi connectivity index (χ0) is 46.6. The molecule has 2 atom stereocenters. The Morgan fingerprint density at radius 3 is 2.42 bits per heavy atom. The van der Waals surface area contributed by atoms with E-state index in [0.717, 1.165) is 22.4 Å². The molecule has 0 radical (unpaired) electrons. The molecule has 0 N–H and O–H groups in total. The van der Waals surface area contributed by atoms with E-state index >= 15 is 13.6 Å². The largest absolute Gasteiger partial charge is 0.497 e. The summed E-state index contributed by atoms with van der Waals surface area (Å²) < 4.78 is 79.1. The average molecular weight is 915 g/mol. The quantitative estimate of drug-likeness (QED) is 0.149. The van der Waals surface area contributed by atoms with E-state index in [1.54, 1.807) is 84.5 Å². The van der Waals surface area contributed by atoms with Crippen molar-refractivity contribution in [2.45, 2.75) is 76.3 Å². The maximum Gasteiger partial charge on any atom is 0.338 e. The zero-order valence-electron chi connectivity index (χ0n) is 37.5. The Hall–Kier alpha value is -6.85. The first kappa shape index (κ1) is 43.1. The first-order valence-electron chi connectivity index (χ1n) is 21.8. The van der Waals surface area contributed by atoms with Crippen LogP contribution >= 0.6 is 0 Å². The number of carbonyl (C=O) groups is 1. The number of aromatic nitrogens is 7. The Balaban J connectivity index is 1.12. The van der Waals surface area contributed by atoms with Crippen molar-refractivity contribution in [1.82, 2.24) is 37.6 Å². The van der Waals surface area contributed by atoms with Crippen LogP contribution in [-0.4, -0.2) is 77.8 Å². The van der Waals surface area contributed by atoms with E-state index in [1.807, 2.05) is 12.1 Å². The predicted octanol–water partition coefficient (Wildman–Crippen LogP) is 8.23. The van der Waals surface area contributed by atoms with Gasteiger partial charge in [-0.25, -0.2) is 30.6 Å². The summed E-state index contributed by atoms with van der Waals surface area (Å²) in [6, 6.07) is 19.1. The first-order valence-corrected chi connectivity index (χ1v) is 23.2. The number of methoxy groups -OCH3 is 1. The van der Waals surface area contributed by atoms with Gasteiger partial charge in [0.25, 0.3) is 15.9 Å². The number of carbonyl (C=O) groups excluding carboxylic acids is 1. The molecule has 6 heterocycles. The van der Waals surface area contributed by atoms with Crippen LogP contribution in [0.3, 0.4) is 0 Å². The van der Waals surface area contributed by atoms with Crippen LogP contribution in [0.15, 0.2) is 101 Å². The number of benzene rings is 4. The van der Waals surface area contributed by atoms with Crippen LogP contribution in [0.4, 0.5) is 8.78 Å². The van der Waals surface area contributed by atoms with Gasteiger partial charge in [0.15, 0.2) is 5.82 Å². The number of rotatable bonds is 8. The van der Waals surface area contributed by atoms with Crippen molar-refractivity contribution in [3.8, 4) is 22.9 Å². The zero-order valence-corrected chi connectivity index (χ0v) is 38.4. The highest BCUT2D eigenvalue weighted by atomic mass is 32.2. The van der Waals surface area contributed by atoms with Crippen molar-refractivity contribution in [3.63, 3.8) is 0 Å². The molecular formula is C49H48F2N8O6S. The van der Waals surface area contributed by atoms with Crippen LogP contribution in [0.1, 0.15) is 84.0 Å². The monoisotopic (exact) mass is 914 g/mol. The minimum absolute atomic E-state index is 0.00581. The third kappa shape index (κ3) is 6.85. The normalized spacial score (nSPS) is 17.4. The Morgan fingerprint density at radius 1 is 0.939 bits per heavy atom. The predicted molar refractivity (Wildman–Crippen MR) is 245 cm³/mol. The smallest absolute Gasteiger partial charge is 0.338 e. The Labute approximate surface area is 379 Å². The molecule has 8 aromatic rings. The molecule has 66 heavy (non-hydrogen) atoms. The first-order chi connectivity index (χ1) is 31.5. The van der Waals surface area contributed by atoms with E-state index in [0.29, 0.717) is 56.8 Å². The van der Waals surface area contributed by atoms with E-state index in [9.17, 15) is 13.2 Å². The number of fused-ring (bicyclic) bond motifs is 3. The van der Waals surface area contributed by atoms with Crippen LogP contribution in [0.25, 0.3) is 39.0 Å². The second kappa shape index (κ2) is 15.7. The summed E-state index contributed by atoms with van der Waals surface area (Å²) in [5.74, 6) is -0.812. The highest BCUT2D eigenvalue weighted by Gasteiger charge is 2.39. The number of hydrogen-bond donors (Lipinski definition) is 0. The van der Waals surface area contributed by atoms with Gasteiger partial charge in [0.05, 0.1) is 63.3 Å².